The van der Waals surface area contributed by atoms with Gasteiger partial charge in [-0.25, -0.2) is 4.79 Å². The SMILES string of the molecule is CC(C)NC(=O)c1ccccc1NC(=O)Nc1ccccc1. The average molecular weight is 297 g/mol. The molecule has 0 radical (unpaired) electrons. The van der Waals surface area contributed by atoms with E-state index in [0.717, 1.165) is 0 Å². The highest BCUT2D eigenvalue weighted by Crippen LogP contribution is 2.16. The fourth-order valence-electron chi connectivity index (χ4n) is 1.94. The lowest BCUT2D eigenvalue weighted by Gasteiger charge is -2.13. The van der Waals surface area contributed by atoms with Crippen LogP contribution in [0.5, 0.6) is 0 Å². The molecule has 3 N–H and O–H groups in total. The molecule has 0 saturated heterocycles. The van der Waals surface area contributed by atoms with Crippen LogP contribution in [0.2, 0.25) is 0 Å². The first-order valence-corrected chi connectivity index (χ1v) is 7.09. The molecule has 0 heterocycles. The van der Waals surface area contributed by atoms with Gasteiger partial charge in [-0.15, -0.1) is 0 Å². The van der Waals surface area contributed by atoms with Gasteiger partial charge >= 0.3 is 6.03 Å². The van der Waals surface area contributed by atoms with Crippen molar-refractivity contribution in [2.45, 2.75) is 19.9 Å². The normalized spacial score (nSPS) is 10.1. The van der Waals surface area contributed by atoms with Crippen molar-refractivity contribution in [3.8, 4) is 0 Å². The molecule has 5 nitrogen and oxygen atoms in total. The molecule has 22 heavy (non-hydrogen) atoms. The molecule has 2 rings (SSSR count). The lowest BCUT2D eigenvalue weighted by molar-refractivity contribution is 0.0944. The number of carbonyl (C=O) groups is 2. The van der Waals surface area contributed by atoms with E-state index in [0.29, 0.717) is 16.9 Å². The molecule has 2 aromatic rings. The largest absolute Gasteiger partial charge is 0.350 e. The number of carbonyl (C=O) groups excluding carboxylic acids is 2. The summed E-state index contributed by atoms with van der Waals surface area (Å²) in [5, 5.41) is 8.23. The minimum Gasteiger partial charge on any atom is -0.350 e. The van der Waals surface area contributed by atoms with E-state index in [9.17, 15) is 9.59 Å². The number of para-hydroxylation sites is 2. The van der Waals surface area contributed by atoms with Gasteiger partial charge in [0, 0.05) is 11.7 Å². The van der Waals surface area contributed by atoms with E-state index in [2.05, 4.69) is 16.0 Å². The van der Waals surface area contributed by atoms with Gasteiger partial charge < -0.3 is 16.0 Å². The maximum atomic E-state index is 12.1. The van der Waals surface area contributed by atoms with Gasteiger partial charge in [-0.3, -0.25) is 4.79 Å². The Balaban J connectivity index is 2.09. The first-order chi connectivity index (χ1) is 10.6. The topological polar surface area (TPSA) is 70.2 Å². The molecule has 5 heteroatoms. The Labute approximate surface area is 129 Å². The number of nitrogens with one attached hydrogen (secondary N) is 3. The van der Waals surface area contributed by atoms with Gasteiger partial charge in [0.15, 0.2) is 0 Å². The third-order valence-corrected chi connectivity index (χ3v) is 2.87. The molecule has 0 atom stereocenters. The predicted octanol–water partition coefficient (Wildman–Crippen LogP) is 3.47. The summed E-state index contributed by atoms with van der Waals surface area (Å²) < 4.78 is 0. The van der Waals surface area contributed by atoms with Gasteiger partial charge in [0.05, 0.1) is 11.3 Å². The number of rotatable bonds is 4. The maximum absolute atomic E-state index is 12.1. The molecule has 0 bridgehead atoms. The maximum Gasteiger partial charge on any atom is 0.323 e. The van der Waals surface area contributed by atoms with Crippen molar-refractivity contribution in [2.75, 3.05) is 10.6 Å². The molecule has 0 unspecified atom stereocenters. The summed E-state index contributed by atoms with van der Waals surface area (Å²) in [5.41, 5.74) is 1.58. The molecule has 3 amide bonds. The molecule has 0 spiro atoms. The summed E-state index contributed by atoms with van der Waals surface area (Å²) in [4.78, 5) is 24.2. The van der Waals surface area contributed by atoms with E-state index in [1.165, 1.54) is 0 Å². The number of anilines is 2. The third-order valence-electron chi connectivity index (χ3n) is 2.87. The van der Waals surface area contributed by atoms with Crippen molar-refractivity contribution in [3.63, 3.8) is 0 Å². The second-order valence-corrected chi connectivity index (χ2v) is 5.12. The molecule has 0 fully saturated rings. The van der Waals surface area contributed by atoms with Crippen molar-refractivity contribution in [2.24, 2.45) is 0 Å². The van der Waals surface area contributed by atoms with Gasteiger partial charge in [0.25, 0.3) is 5.91 Å². The molecule has 2 aromatic carbocycles. The Kier molecular flexibility index (Phi) is 5.14. The summed E-state index contributed by atoms with van der Waals surface area (Å²) in [6.45, 7) is 3.77. The first kappa shape index (κ1) is 15.6. The summed E-state index contributed by atoms with van der Waals surface area (Å²) in [6, 6.07) is 15.6. The van der Waals surface area contributed by atoms with E-state index in [1.54, 1.807) is 36.4 Å². The van der Waals surface area contributed by atoms with E-state index in [1.807, 2.05) is 32.0 Å². The Morgan fingerprint density at radius 1 is 0.864 bits per heavy atom. The van der Waals surface area contributed by atoms with Crippen molar-refractivity contribution in [3.05, 3.63) is 60.2 Å². The second kappa shape index (κ2) is 7.26. The average Bonchev–Trinajstić information content (AvgIpc) is 2.48. The number of urea groups is 1. The lowest BCUT2D eigenvalue weighted by atomic mass is 10.1. The number of hydrogen-bond donors (Lipinski definition) is 3. The molecule has 0 aliphatic carbocycles. The van der Waals surface area contributed by atoms with Crippen LogP contribution in [0, 0.1) is 0 Å². The monoisotopic (exact) mass is 297 g/mol. The molecular weight excluding hydrogens is 278 g/mol. The molecule has 114 valence electrons. The van der Waals surface area contributed by atoms with Crippen molar-refractivity contribution in [1.82, 2.24) is 5.32 Å². The quantitative estimate of drug-likeness (QED) is 0.808. The fourth-order valence-corrected chi connectivity index (χ4v) is 1.94. The minimum absolute atomic E-state index is 0.0266. The van der Waals surface area contributed by atoms with E-state index < -0.39 is 6.03 Å². The smallest absolute Gasteiger partial charge is 0.323 e. The first-order valence-electron chi connectivity index (χ1n) is 7.09. The van der Waals surface area contributed by atoms with Crippen LogP contribution in [0.25, 0.3) is 0 Å². The van der Waals surface area contributed by atoms with Crippen LogP contribution in [0.4, 0.5) is 16.2 Å². The van der Waals surface area contributed by atoms with Crippen LogP contribution >= 0.6 is 0 Å². The Bertz CT molecular complexity index is 654. The molecular formula is C17H19N3O2. The number of amides is 3. The third kappa shape index (κ3) is 4.34. The predicted molar refractivity (Wildman–Crippen MR) is 88.1 cm³/mol. The highest BCUT2D eigenvalue weighted by Gasteiger charge is 2.13. The number of hydrogen-bond acceptors (Lipinski definition) is 2. The van der Waals surface area contributed by atoms with Crippen LogP contribution in [0.1, 0.15) is 24.2 Å². The van der Waals surface area contributed by atoms with Crippen LogP contribution in [-0.4, -0.2) is 18.0 Å². The summed E-state index contributed by atoms with van der Waals surface area (Å²) in [6.07, 6.45) is 0. The van der Waals surface area contributed by atoms with E-state index in [4.69, 9.17) is 0 Å². The zero-order valence-corrected chi connectivity index (χ0v) is 12.6. The van der Waals surface area contributed by atoms with Crippen molar-refractivity contribution >= 4 is 23.3 Å². The zero-order chi connectivity index (χ0) is 15.9. The Morgan fingerprint density at radius 3 is 2.18 bits per heavy atom. The van der Waals surface area contributed by atoms with Gasteiger partial charge in [0.1, 0.15) is 0 Å². The second-order valence-electron chi connectivity index (χ2n) is 5.12. The standard InChI is InChI=1S/C17H19N3O2/c1-12(2)18-16(21)14-10-6-7-11-15(14)20-17(22)19-13-8-4-3-5-9-13/h3-12H,1-2H3,(H,18,21)(H2,19,20,22). The Morgan fingerprint density at radius 2 is 1.50 bits per heavy atom. The van der Waals surface area contributed by atoms with Gasteiger partial charge in [0.2, 0.25) is 0 Å². The summed E-state index contributed by atoms with van der Waals surface area (Å²) >= 11 is 0. The molecule has 0 aromatic heterocycles. The van der Waals surface area contributed by atoms with Crippen LogP contribution < -0.4 is 16.0 Å². The Hall–Kier alpha value is -2.82. The fraction of sp³-hybridized carbons (Fsp3) is 0.176. The molecule has 0 saturated carbocycles. The van der Waals surface area contributed by atoms with Crippen molar-refractivity contribution in [1.29, 1.82) is 0 Å². The van der Waals surface area contributed by atoms with Crippen LogP contribution in [-0.2, 0) is 0 Å². The highest BCUT2D eigenvalue weighted by atomic mass is 16.2. The summed E-state index contributed by atoms with van der Waals surface area (Å²) in [5.74, 6) is -0.217. The van der Waals surface area contributed by atoms with Crippen molar-refractivity contribution < 1.29 is 9.59 Å². The van der Waals surface area contributed by atoms with Crippen LogP contribution in [0.15, 0.2) is 54.6 Å². The van der Waals surface area contributed by atoms with E-state index >= 15 is 0 Å². The highest BCUT2D eigenvalue weighted by molar-refractivity contribution is 6.06. The molecule has 0 aliphatic heterocycles. The number of benzene rings is 2. The van der Waals surface area contributed by atoms with Gasteiger partial charge in [-0.1, -0.05) is 30.3 Å². The van der Waals surface area contributed by atoms with E-state index in [-0.39, 0.29) is 11.9 Å². The van der Waals surface area contributed by atoms with Crippen LogP contribution in [0.3, 0.4) is 0 Å². The van der Waals surface area contributed by atoms with Gasteiger partial charge in [-0.05, 0) is 38.1 Å². The zero-order valence-electron chi connectivity index (χ0n) is 12.6. The lowest BCUT2D eigenvalue weighted by Crippen LogP contribution is -2.31. The van der Waals surface area contributed by atoms with Gasteiger partial charge in [-0.2, -0.15) is 0 Å². The summed E-state index contributed by atoms with van der Waals surface area (Å²) in [7, 11) is 0. The minimum atomic E-state index is -0.393. The molecule has 0 aliphatic rings.